The minimum atomic E-state index is -3.60. The number of hydrogen-bond acceptors (Lipinski definition) is 4. The molecular formula is C23H26N4O3S. The fourth-order valence-corrected chi connectivity index (χ4v) is 5.51. The highest BCUT2D eigenvalue weighted by Gasteiger charge is 2.28. The maximum absolute atomic E-state index is 13.1. The Morgan fingerprint density at radius 1 is 1.06 bits per heavy atom. The highest BCUT2D eigenvalue weighted by atomic mass is 32.2. The lowest BCUT2D eigenvalue weighted by Gasteiger charge is -2.26. The van der Waals surface area contributed by atoms with Crippen LogP contribution in [0.3, 0.4) is 0 Å². The van der Waals surface area contributed by atoms with Gasteiger partial charge in [0, 0.05) is 43.3 Å². The molecule has 8 heteroatoms. The lowest BCUT2D eigenvalue weighted by Crippen LogP contribution is -2.36. The Morgan fingerprint density at radius 2 is 1.81 bits per heavy atom. The van der Waals surface area contributed by atoms with E-state index in [1.807, 2.05) is 35.0 Å². The van der Waals surface area contributed by atoms with Crippen LogP contribution in [0.15, 0.2) is 66.1 Å². The molecule has 0 aliphatic carbocycles. The zero-order valence-electron chi connectivity index (χ0n) is 17.5. The van der Waals surface area contributed by atoms with E-state index in [0.29, 0.717) is 30.8 Å². The average molecular weight is 439 g/mol. The summed E-state index contributed by atoms with van der Waals surface area (Å²) >= 11 is 0. The van der Waals surface area contributed by atoms with Crippen molar-refractivity contribution in [2.75, 3.05) is 13.1 Å². The molecule has 1 saturated heterocycles. The van der Waals surface area contributed by atoms with Gasteiger partial charge >= 0.3 is 0 Å². The summed E-state index contributed by atoms with van der Waals surface area (Å²) in [7, 11) is -3.60. The average Bonchev–Trinajstić information content (AvgIpc) is 3.33. The summed E-state index contributed by atoms with van der Waals surface area (Å²) in [4.78, 5) is 17.0. The van der Waals surface area contributed by atoms with Gasteiger partial charge < -0.3 is 9.88 Å². The van der Waals surface area contributed by atoms with Crippen molar-refractivity contribution < 1.29 is 13.2 Å². The second-order valence-corrected chi connectivity index (χ2v) is 9.67. The maximum atomic E-state index is 13.1. The molecule has 162 valence electrons. The van der Waals surface area contributed by atoms with Crippen molar-refractivity contribution in [1.82, 2.24) is 19.2 Å². The molecule has 3 aromatic rings. The number of imidazole rings is 1. The Labute approximate surface area is 182 Å². The first-order chi connectivity index (χ1) is 14.9. The van der Waals surface area contributed by atoms with E-state index in [-0.39, 0.29) is 10.8 Å². The van der Waals surface area contributed by atoms with Gasteiger partial charge in [0.05, 0.1) is 11.2 Å². The quantitative estimate of drug-likeness (QED) is 0.640. The van der Waals surface area contributed by atoms with Crippen LogP contribution in [0.1, 0.15) is 40.7 Å². The van der Waals surface area contributed by atoms with Crippen LogP contribution in [0.25, 0.3) is 5.69 Å². The third-order valence-corrected chi connectivity index (χ3v) is 7.62. The van der Waals surface area contributed by atoms with Crippen LogP contribution < -0.4 is 5.32 Å². The highest BCUT2D eigenvalue weighted by Crippen LogP contribution is 2.24. The summed E-state index contributed by atoms with van der Waals surface area (Å²) in [5.41, 5.74) is 2.93. The molecule has 2 aromatic carbocycles. The predicted molar refractivity (Wildman–Crippen MR) is 119 cm³/mol. The second-order valence-electron chi connectivity index (χ2n) is 7.76. The van der Waals surface area contributed by atoms with Gasteiger partial charge in [0.1, 0.15) is 0 Å². The number of nitrogens with one attached hydrogen (secondary N) is 1. The van der Waals surface area contributed by atoms with E-state index in [4.69, 9.17) is 0 Å². The molecule has 0 unspecified atom stereocenters. The number of nitrogens with zero attached hydrogens (tertiary/aromatic N) is 3. The standard InChI is InChI=1S/C23H26N4O3S/c1-18-5-8-20(15-22(18)31(29,30)27-12-3-2-4-13-27)23(28)25-16-19-6-9-21(10-7-19)26-14-11-24-17-26/h5-11,14-15,17H,2-4,12-13,16H2,1H3,(H,25,28). The van der Waals surface area contributed by atoms with E-state index in [0.717, 1.165) is 30.5 Å². The molecule has 0 bridgehead atoms. The second kappa shape index (κ2) is 9.03. The number of hydrogen-bond donors (Lipinski definition) is 1. The van der Waals surface area contributed by atoms with Crippen molar-refractivity contribution in [3.05, 3.63) is 77.9 Å². The number of benzene rings is 2. The molecule has 1 aliphatic rings. The van der Waals surface area contributed by atoms with Crippen LogP contribution in [0, 0.1) is 6.92 Å². The van der Waals surface area contributed by atoms with Crippen LogP contribution in [0.5, 0.6) is 0 Å². The molecule has 1 amide bonds. The van der Waals surface area contributed by atoms with Crippen LogP contribution in [0.2, 0.25) is 0 Å². The number of piperidine rings is 1. The molecule has 7 nitrogen and oxygen atoms in total. The van der Waals surface area contributed by atoms with E-state index in [9.17, 15) is 13.2 Å². The number of sulfonamides is 1. The van der Waals surface area contributed by atoms with Crippen molar-refractivity contribution in [2.24, 2.45) is 0 Å². The van der Waals surface area contributed by atoms with Crippen molar-refractivity contribution in [1.29, 1.82) is 0 Å². The van der Waals surface area contributed by atoms with Gasteiger partial charge in [-0.1, -0.05) is 24.6 Å². The molecule has 0 saturated carbocycles. The summed E-state index contributed by atoms with van der Waals surface area (Å²) in [5.74, 6) is -0.297. The van der Waals surface area contributed by atoms with Crippen molar-refractivity contribution in [3.63, 3.8) is 0 Å². The van der Waals surface area contributed by atoms with Crippen LogP contribution in [0.4, 0.5) is 0 Å². The predicted octanol–water partition coefficient (Wildman–Crippen LogP) is 3.29. The fourth-order valence-electron chi connectivity index (χ4n) is 3.75. The minimum Gasteiger partial charge on any atom is -0.348 e. The van der Waals surface area contributed by atoms with Crippen LogP contribution in [-0.2, 0) is 16.6 Å². The zero-order chi connectivity index (χ0) is 21.8. The van der Waals surface area contributed by atoms with Crippen LogP contribution >= 0.6 is 0 Å². The van der Waals surface area contributed by atoms with Gasteiger partial charge in [0.25, 0.3) is 5.91 Å². The third-order valence-electron chi connectivity index (χ3n) is 5.58. The Kier molecular flexibility index (Phi) is 6.20. The van der Waals surface area contributed by atoms with Crippen molar-refractivity contribution in [2.45, 2.75) is 37.6 Å². The number of amides is 1. The molecule has 1 aromatic heterocycles. The third kappa shape index (κ3) is 4.70. The first-order valence-corrected chi connectivity index (χ1v) is 11.9. The summed E-state index contributed by atoms with van der Waals surface area (Å²) in [5, 5.41) is 2.88. The Morgan fingerprint density at radius 3 is 2.48 bits per heavy atom. The lowest BCUT2D eigenvalue weighted by molar-refractivity contribution is 0.0950. The summed E-state index contributed by atoms with van der Waals surface area (Å²) < 4.78 is 29.6. The topological polar surface area (TPSA) is 84.3 Å². The molecule has 0 atom stereocenters. The zero-order valence-corrected chi connectivity index (χ0v) is 18.3. The highest BCUT2D eigenvalue weighted by molar-refractivity contribution is 7.89. The van der Waals surface area contributed by atoms with Crippen molar-refractivity contribution in [3.8, 4) is 5.69 Å². The summed E-state index contributed by atoms with van der Waals surface area (Å²) in [6.07, 6.45) is 8.11. The smallest absolute Gasteiger partial charge is 0.251 e. The van der Waals surface area contributed by atoms with E-state index < -0.39 is 10.0 Å². The van der Waals surface area contributed by atoms with Gasteiger partial charge in [0.15, 0.2) is 0 Å². The SMILES string of the molecule is Cc1ccc(C(=O)NCc2ccc(-n3ccnc3)cc2)cc1S(=O)(=O)N1CCCCC1. The molecular weight excluding hydrogens is 412 g/mol. The molecule has 4 rings (SSSR count). The van der Waals surface area contributed by atoms with E-state index >= 15 is 0 Å². The minimum absolute atomic E-state index is 0.215. The van der Waals surface area contributed by atoms with Gasteiger partial charge in [-0.05, 0) is 55.2 Å². The largest absolute Gasteiger partial charge is 0.348 e. The molecule has 2 heterocycles. The number of aryl methyl sites for hydroxylation is 1. The monoisotopic (exact) mass is 438 g/mol. The first kappa shape index (κ1) is 21.3. The molecule has 1 N–H and O–H groups in total. The molecule has 1 fully saturated rings. The van der Waals surface area contributed by atoms with E-state index in [2.05, 4.69) is 10.3 Å². The van der Waals surface area contributed by atoms with Gasteiger partial charge in [-0.25, -0.2) is 13.4 Å². The molecule has 31 heavy (non-hydrogen) atoms. The van der Waals surface area contributed by atoms with Gasteiger partial charge in [-0.15, -0.1) is 0 Å². The van der Waals surface area contributed by atoms with Gasteiger partial charge in [-0.2, -0.15) is 4.31 Å². The van der Waals surface area contributed by atoms with Gasteiger partial charge in [0.2, 0.25) is 10.0 Å². The maximum Gasteiger partial charge on any atom is 0.251 e. The number of carbonyl (C=O) groups excluding carboxylic acids is 1. The Hall–Kier alpha value is -2.97. The van der Waals surface area contributed by atoms with E-state index in [1.54, 1.807) is 31.6 Å². The Balaban J connectivity index is 1.46. The van der Waals surface area contributed by atoms with Gasteiger partial charge in [-0.3, -0.25) is 4.79 Å². The number of rotatable bonds is 6. The normalized spacial score (nSPS) is 15.0. The van der Waals surface area contributed by atoms with Crippen LogP contribution in [-0.4, -0.2) is 41.3 Å². The molecule has 0 radical (unpaired) electrons. The first-order valence-electron chi connectivity index (χ1n) is 10.4. The molecule has 0 spiro atoms. The number of aromatic nitrogens is 2. The van der Waals surface area contributed by atoms with E-state index in [1.165, 1.54) is 10.4 Å². The number of carbonyl (C=O) groups is 1. The summed E-state index contributed by atoms with van der Waals surface area (Å²) in [6, 6.07) is 12.7. The summed E-state index contributed by atoms with van der Waals surface area (Å²) in [6.45, 7) is 3.19. The van der Waals surface area contributed by atoms with Crippen molar-refractivity contribution >= 4 is 15.9 Å². The lowest BCUT2D eigenvalue weighted by atomic mass is 10.1. The Bertz CT molecular complexity index is 1150. The fraction of sp³-hybridized carbons (Fsp3) is 0.304. The molecule has 1 aliphatic heterocycles.